The van der Waals surface area contributed by atoms with Gasteiger partial charge in [-0.1, -0.05) is 0 Å². The monoisotopic (exact) mass is 272 g/mol. The van der Waals surface area contributed by atoms with E-state index in [-0.39, 0.29) is 11.4 Å². The van der Waals surface area contributed by atoms with Crippen LogP contribution in [-0.2, 0) is 9.59 Å². The zero-order chi connectivity index (χ0) is 13.7. The van der Waals surface area contributed by atoms with Crippen molar-refractivity contribution in [3.05, 3.63) is 24.0 Å². The Morgan fingerprint density at radius 3 is 2.72 bits per heavy atom. The number of rotatable bonds is 5. The van der Waals surface area contributed by atoms with Gasteiger partial charge in [-0.2, -0.15) is 0 Å². The topological polar surface area (TPSA) is 92.4 Å². The fourth-order valence-corrected chi connectivity index (χ4v) is 2.21. The maximum Gasteiger partial charge on any atom is 0.327 e. The molecule has 1 atom stereocenters. The lowest BCUT2D eigenvalue weighted by Gasteiger charge is -2.13. The maximum absolute atomic E-state index is 12.8. The summed E-state index contributed by atoms with van der Waals surface area (Å²) in [4.78, 5) is 22.3. The van der Waals surface area contributed by atoms with E-state index in [1.165, 1.54) is 19.1 Å². The summed E-state index contributed by atoms with van der Waals surface area (Å²) in [7, 11) is 0. The molecule has 18 heavy (non-hydrogen) atoms. The Hall–Kier alpha value is -1.76. The van der Waals surface area contributed by atoms with Gasteiger partial charge in [0.25, 0.3) is 0 Å². The lowest BCUT2D eigenvalue weighted by molar-refractivity contribution is -0.140. The molecule has 1 amide bonds. The molecular weight excluding hydrogens is 259 g/mol. The van der Waals surface area contributed by atoms with E-state index in [4.69, 9.17) is 10.8 Å². The van der Waals surface area contributed by atoms with Crippen LogP contribution < -0.4 is 11.1 Å². The molecule has 1 rings (SSSR count). The third-order valence-electron chi connectivity index (χ3n) is 2.05. The van der Waals surface area contributed by atoms with Gasteiger partial charge in [-0.15, -0.1) is 11.8 Å². The van der Waals surface area contributed by atoms with Gasteiger partial charge >= 0.3 is 5.97 Å². The third kappa shape index (κ3) is 4.25. The summed E-state index contributed by atoms with van der Waals surface area (Å²) in [5.41, 5.74) is 5.83. The zero-order valence-electron chi connectivity index (χ0n) is 9.64. The summed E-state index contributed by atoms with van der Waals surface area (Å²) in [6, 6.07) is 2.88. The molecule has 0 fully saturated rings. The quantitative estimate of drug-likeness (QED) is 0.551. The molecule has 0 aromatic heterocycles. The number of hydrogen-bond donors (Lipinski definition) is 3. The van der Waals surface area contributed by atoms with Crippen LogP contribution in [0.25, 0.3) is 0 Å². The molecule has 1 aromatic rings. The highest BCUT2D eigenvalue weighted by Gasteiger charge is 2.18. The summed E-state index contributed by atoms with van der Waals surface area (Å²) >= 11 is 1.15. The molecule has 0 aliphatic heterocycles. The normalized spacial score (nSPS) is 11.9. The molecule has 0 saturated heterocycles. The van der Waals surface area contributed by atoms with Crippen molar-refractivity contribution in [2.75, 3.05) is 11.5 Å². The molecule has 4 N–H and O–H groups in total. The van der Waals surface area contributed by atoms with Crippen molar-refractivity contribution in [1.82, 2.24) is 5.32 Å². The first-order valence-corrected chi connectivity index (χ1v) is 6.06. The first-order chi connectivity index (χ1) is 8.40. The van der Waals surface area contributed by atoms with E-state index in [2.05, 4.69) is 5.32 Å². The number of nitrogens with two attached hydrogens (primary N) is 1. The van der Waals surface area contributed by atoms with Crippen molar-refractivity contribution in [1.29, 1.82) is 0 Å². The fourth-order valence-electron chi connectivity index (χ4n) is 1.24. The van der Waals surface area contributed by atoms with Crippen LogP contribution in [0, 0.1) is 5.82 Å². The minimum absolute atomic E-state index is 0.116. The molecule has 98 valence electrons. The average Bonchev–Trinajstić information content (AvgIpc) is 2.25. The predicted octanol–water partition coefficient (Wildman–Crippen LogP) is 1.09. The van der Waals surface area contributed by atoms with Crippen LogP contribution in [0.3, 0.4) is 0 Å². The molecule has 0 saturated carbocycles. The summed E-state index contributed by atoms with van der Waals surface area (Å²) in [5, 5.41) is 11.2. The Morgan fingerprint density at radius 2 is 2.22 bits per heavy atom. The predicted molar refractivity (Wildman–Crippen MR) is 66.8 cm³/mol. The van der Waals surface area contributed by atoms with Crippen molar-refractivity contribution in [2.24, 2.45) is 0 Å². The lowest BCUT2D eigenvalue weighted by Crippen LogP contribution is -2.41. The van der Waals surface area contributed by atoms with Gasteiger partial charge in [0.2, 0.25) is 5.91 Å². The van der Waals surface area contributed by atoms with Gasteiger partial charge in [0.15, 0.2) is 0 Å². The summed E-state index contributed by atoms with van der Waals surface area (Å²) in [6.45, 7) is 1.24. The van der Waals surface area contributed by atoms with Crippen LogP contribution in [0.5, 0.6) is 0 Å². The van der Waals surface area contributed by atoms with Crippen LogP contribution in [0.1, 0.15) is 6.92 Å². The highest BCUT2D eigenvalue weighted by molar-refractivity contribution is 7.99. The van der Waals surface area contributed by atoms with E-state index in [1.807, 2.05) is 0 Å². The minimum atomic E-state index is -1.13. The van der Waals surface area contributed by atoms with E-state index < -0.39 is 23.7 Å². The Morgan fingerprint density at radius 1 is 1.56 bits per heavy atom. The van der Waals surface area contributed by atoms with Gasteiger partial charge in [-0.25, -0.2) is 9.18 Å². The average molecular weight is 272 g/mol. The number of carbonyl (C=O) groups excluding carboxylic acids is 1. The van der Waals surface area contributed by atoms with Crippen LogP contribution in [0.15, 0.2) is 23.1 Å². The highest BCUT2D eigenvalue weighted by Crippen LogP contribution is 2.26. The number of carboxylic acids is 1. The van der Waals surface area contributed by atoms with Crippen LogP contribution in [0.4, 0.5) is 10.1 Å². The number of aliphatic carboxylic acids is 1. The molecule has 0 radical (unpaired) electrons. The maximum atomic E-state index is 12.8. The largest absolute Gasteiger partial charge is 0.480 e. The Kier molecular flexibility index (Phi) is 4.96. The van der Waals surface area contributed by atoms with Crippen LogP contribution in [0.2, 0.25) is 0 Å². The summed E-state index contributed by atoms with van der Waals surface area (Å²) in [5.74, 6) is -1.88. The number of anilines is 1. The molecule has 0 spiro atoms. The molecular formula is C11H13FN2O3S. The molecule has 5 nitrogen and oxygen atoms in total. The van der Waals surface area contributed by atoms with E-state index in [9.17, 15) is 14.0 Å². The summed E-state index contributed by atoms with van der Waals surface area (Å²) in [6.07, 6.45) is 0. The standard InChI is InChI=1S/C11H13FN2O3S/c1-6(15)14-9(11(16)17)5-18-10-3-2-7(12)4-8(10)13/h2-4,9H,5,13H2,1H3,(H,14,15)(H,16,17). The number of carbonyl (C=O) groups is 2. The van der Waals surface area contributed by atoms with Gasteiger partial charge in [0.1, 0.15) is 11.9 Å². The molecule has 0 bridgehead atoms. The number of thioether (sulfide) groups is 1. The second kappa shape index (κ2) is 6.25. The third-order valence-corrected chi connectivity index (χ3v) is 3.24. The van der Waals surface area contributed by atoms with Crippen molar-refractivity contribution < 1.29 is 19.1 Å². The second-order valence-electron chi connectivity index (χ2n) is 3.58. The van der Waals surface area contributed by atoms with E-state index in [0.29, 0.717) is 4.90 Å². The molecule has 0 aliphatic rings. The van der Waals surface area contributed by atoms with E-state index in [1.54, 1.807) is 0 Å². The van der Waals surface area contributed by atoms with Gasteiger partial charge in [-0.05, 0) is 18.2 Å². The highest BCUT2D eigenvalue weighted by atomic mass is 32.2. The van der Waals surface area contributed by atoms with E-state index >= 15 is 0 Å². The molecule has 1 aromatic carbocycles. The number of hydrogen-bond acceptors (Lipinski definition) is 4. The van der Waals surface area contributed by atoms with Crippen LogP contribution in [-0.4, -0.2) is 28.8 Å². The van der Waals surface area contributed by atoms with E-state index in [0.717, 1.165) is 17.8 Å². The van der Waals surface area contributed by atoms with Crippen molar-refractivity contribution in [3.63, 3.8) is 0 Å². The number of nitrogen functional groups attached to an aromatic ring is 1. The van der Waals surface area contributed by atoms with Gasteiger partial charge in [0, 0.05) is 23.3 Å². The fraction of sp³-hybridized carbons (Fsp3) is 0.273. The number of nitrogens with one attached hydrogen (secondary N) is 1. The number of carboxylic acid groups (broad SMARTS) is 1. The van der Waals surface area contributed by atoms with Crippen molar-refractivity contribution >= 4 is 29.3 Å². The van der Waals surface area contributed by atoms with Gasteiger partial charge < -0.3 is 16.2 Å². The molecule has 0 heterocycles. The first kappa shape index (κ1) is 14.3. The summed E-state index contributed by atoms with van der Waals surface area (Å²) < 4.78 is 12.8. The molecule has 7 heteroatoms. The minimum Gasteiger partial charge on any atom is -0.480 e. The Bertz CT molecular complexity index is 468. The van der Waals surface area contributed by atoms with Gasteiger partial charge in [-0.3, -0.25) is 4.79 Å². The van der Waals surface area contributed by atoms with Crippen LogP contribution >= 0.6 is 11.8 Å². The smallest absolute Gasteiger partial charge is 0.327 e. The van der Waals surface area contributed by atoms with Crippen molar-refractivity contribution in [2.45, 2.75) is 17.9 Å². The zero-order valence-corrected chi connectivity index (χ0v) is 10.5. The van der Waals surface area contributed by atoms with Crippen molar-refractivity contribution in [3.8, 4) is 0 Å². The number of halogens is 1. The number of benzene rings is 1. The Balaban J connectivity index is 2.66. The van der Waals surface area contributed by atoms with Gasteiger partial charge in [0.05, 0.1) is 0 Å². The number of amides is 1. The first-order valence-electron chi connectivity index (χ1n) is 5.08. The lowest BCUT2D eigenvalue weighted by atomic mass is 10.3. The molecule has 0 aliphatic carbocycles. The molecule has 1 unspecified atom stereocenters. The SMILES string of the molecule is CC(=O)NC(CSc1ccc(F)cc1N)C(=O)O. The Labute approximate surface area is 108 Å². The second-order valence-corrected chi connectivity index (χ2v) is 4.65.